The molecule has 0 radical (unpaired) electrons. The minimum absolute atomic E-state index is 0.00226. The molecule has 6 heteroatoms. The summed E-state index contributed by atoms with van der Waals surface area (Å²) in [5.74, 6) is 0.759. The zero-order valence-electron chi connectivity index (χ0n) is 13.7. The van der Waals surface area contributed by atoms with Gasteiger partial charge in [0.1, 0.15) is 35.8 Å². The Hall–Kier alpha value is -2.95. The zero-order valence-corrected chi connectivity index (χ0v) is 13.7. The lowest BCUT2D eigenvalue weighted by Crippen LogP contribution is -2.17. The first kappa shape index (κ1) is 15.6. The summed E-state index contributed by atoms with van der Waals surface area (Å²) in [6.45, 7) is 0.780. The number of hydrogen-bond donors (Lipinski definition) is 0. The molecule has 0 saturated carbocycles. The van der Waals surface area contributed by atoms with Crippen molar-refractivity contribution >= 4 is 17.2 Å². The van der Waals surface area contributed by atoms with E-state index >= 15 is 0 Å². The molecule has 1 unspecified atom stereocenters. The average Bonchev–Trinajstić information content (AvgIpc) is 3.12. The number of imidazole rings is 1. The van der Waals surface area contributed by atoms with E-state index in [0.717, 1.165) is 42.8 Å². The van der Waals surface area contributed by atoms with Gasteiger partial charge in [-0.2, -0.15) is 0 Å². The molecule has 0 aliphatic carbocycles. The van der Waals surface area contributed by atoms with Crippen LogP contribution in [0.15, 0.2) is 55.0 Å². The van der Waals surface area contributed by atoms with Crippen molar-refractivity contribution in [2.45, 2.75) is 25.5 Å². The van der Waals surface area contributed by atoms with Gasteiger partial charge < -0.3 is 9.47 Å². The molecule has 0 bridgehead atoms. The molecule has 126 valence electrons. The molecule has 1 aliphatic rings. The molecular weight excluding hydrogens is 316 g/mol. The Balaban J connectivity index is 1.58. The van der Waals surface area contributed by atoms with Gasteiger partial charge in [0.25, 0.3) is 0 Å². The van der Waals surface area contributed by atoms with Crippen LogP contribution in [0, 0.1) is 0 Å². The predicted molar refractivity (Wildman–Crippen MR) is 93.8 cm³/mol. The van der Waals surface area contributed by atoms with Crippen LogP contribution in [-0.4, -0.2) is 26.1 Å². The summed E-state index contributed by atoms with van der Waals surface area (Å²) < 4.78 is 13.3. The number of para-hydroxylation sites is 1. The van der Waals surface area contributed by atoms with E-state index in [1.807, 2.05) is 34.9 Å². The fourth-order valence-corrected chi connectivity index (χ4v) is 2.84. The first-order chi connectivity index (χ1) is 12.4. The molecule has 3 aromatic rings. The number of fused-ring (bicyclic) bond motifs is 1. The van der Waals surface area contributed by atoms with E-state index in [2.05, 4.69) is 20.7 Å². The van der Waals surface area contributed by atoms with Gasteiger partial charge in [0.2, 0.25) is 0 Å². The second-order valence-corrected chi connectivity index (χ2v) is 5.76. The maximum atomic E-state index is 5.83. The molecule has 3 heterocycles. The van der Waals surface area contributed by atoms with Crippen molar-refractivity contribution in [3.05, 3.63) is 60.7 Å². The second kappa shape index (κ2) is 7.30. The van der Waals surface area contributed by atoms with Crippen molar-refractivity contribution in [3.63, 3.8) is 0 Å². The number of hydrogen-bond acceptors (Lipinski definition) is 5. The number of nitrogens with zero attached hydrogens (tertiary/aromatic N) is 4. The first-order valence-corrected chi connectivity index (χ1v) is 8.33. The lowest BCUT2D eigenvalue weighted by atomic mass is 10.2. The van der Waals surface area contributed by atoms with Crippen LogP contribution in [0.5, 0.6) is 5.75 Å². The van der Waals surface area contributed by atoms with E-state index in [1.165, 1.54) is 12.6 Å². The fraction of sp³-hybridized carbons (Fsp3) is 0.263. The second-order valence-electron chi connectivity index (χ2n) is 5.76. The van der Waals surface area contributed by atoms with Gasteiger partial charge in [-0.05, 0) is 31.4 Å². The van der Waals surface area contributed by atoms with Crippen LogP contribution in [-0.2, 0) is 4.74 Å². The minimum atomic E-state index is 0.00226. The number of aromatic nitrogens is 4. The monoisotopic (exact) mass is 334 g/mol. The van der Waals surface area contributed by atoms with E-state index in [9.17, 15) is 0 Å². The van der Waals surface area contributed by atoms with Gasteiger partial charge in [-0.3, -0.25) is 4.57 Å². The van der Waals surface area contributed by atoms with Gasteiger partial charge in [0.15, 0.2) is 5.65 Å². The Labute approximate surface area is 145 Å². The molecule has 25 heavy (non-hydrogen) atoms. The Kier molecular flexibility index (Phi) is 4.55. The third-order valence-electron chi connectivity index (χ3n) is 4.08. The molecule has 1 aliphatic heterocycles. The lowest BCUT2D eigenvalue weighted by molar-refractivity contribution is -0.0298. The molecule has 1 fully saturated rings. The van der Waals surface area contributed by atoms with Crippen LogP contribution >= 0.6 is 0 Å². The Morgan fingerprint density at radius 2 is 2.08 bits per heavy atom. The van der Waals surface area contributed by atoms with Crippen molar-refractivity contribution < 1.29 is 9.47 Å². The summed E-state index contributed by atoms with van der Waals surface area (Å²) in [7, 11) is 0. The van der Waals surface area contributed by atoms with Gasteiger partial charge in [-0.15, -0.1) is 0 Å². The maximum Gasteiger partial charge on any atom is 0.165 e. The molecule has 0 amide bonds. The third kappa shape index (κ3) is 3.45. The Morgan fingerprint density at radius 1 is 1.16 bits per heavy atom. The number of benzene rings is 1. The highest BCUT2D eigenvalue weighted by molar-refractivity contribution is 5.79. The SMILES string of the molecule is C(=COc1ccccc1)=Cc1ncnc2c1ncn2C1CCCCO1. The minimum Gasteiger partial charge on any atom is -0.457 e. The largest absolute Gasteiger partial charge is 0.457 e. The average molecular weight is 334 g/mol. The van der Waals surface area contributed by atoms with Gasteiger partial charge in [-0.25, -0.2) is 15.0 Å². The summed E-state index contributed by atoms with van der Waals surface area (Å²) >= 11 is 0. The zero-order chi connectivity index (χ0) is 16.9. The van der Waals surface area contributed by atoms with Crippen LogP contribution in [0.2, 0.25) is 0 Å². The van der Waals surface area contributed by atoms with Crippen molar-refractivity contribution in [1.29, 1.82) is 0 Å². The molecule has 6 nitrogen and oxygen atoms in total. The van der Waals surface area contributed by atoms with Crippen molar-refractivity contribution in [2.75, 3.05) is 6.61 Å². The fourth-order valence-electron chi connectivity index (χ4n) is 2.84. The van der Waals surface area contributed by atoms with Crippen molar-refractivity contribution in [3.8, 4) is 5.75 Å². The Morgan fingerprint density at radius 3 is 2.92 bits per heavy atom. The van der Waals surface area contributed by atoms with Crippen molar-refractivity contribution in [1.82, 2.24) is 19.5 Å². The summed E-state index contributed by atoms with van der Waals surface area (Å²) in [5.41, 5.74) is 5.20. The summed E-state index contributed by atoms with van der Waals surface area (Å²) in [4.78, 5) is 13.1. The van der Waals surface area contributed by atoms with Crippen LogP contribution in [0.4, 0.5) is 0 Å². The highest BCUT2D eigenvalue weighted by Crippen LogP contribution is 2.26. The van der Waals surface area contributed by atoms with Gasteiger partial charge >= 0.3 is 0 Å². The highest BCUT2D eigenvalue weighted by Gasteiger charge is 2.19. The number of rotatable bonds is 4. The third-order valence-corrected chi connectivity index (χ3v) is 4.08. The van der Waals surface area contributed by atoms with E-state index in [-0.39, 0.29) is 6.23 Å². The summed E-state index contributed by atoms with van der Waals surface area (Å²) in [5, 5.41) is 0. The first-order valence-electron chi connectivity index (χ1n) is 8.33. The molecule has 0 spiro atoms. The maximum absolute atomic E-state index is 5.83. The van der Waals surface area contributed by atoms with E-state index < -0.39 is 0 Å². The van der Waals surface area contributed by atoms with Crippen molar-refractivity contribution in [2.24, 2.45) is 0 Å². The van der Waals surface area contributed by atoms with Gasteiger partial charge in [0, 0.05) is 12.7 Å². The molecule has 2 aromatic heterocycles. The van der Waals surface area contributed by atoms with Crippen LogP contribution in [0.1, 0.15) is 31.2 Å². The molecule has 1 atom stereocenters. The van der Waals surface area contributed by atoms with Gasteiger partial charge in [0.05, 0.1) is 6.33 Å². The van der Waals surface area contributed by atoms with Crippen LogP contribution in [0.25, 0.3) is 17.2 Å². The molecular formula is C19H18N4O2. The predicted octanol–water partition coefficient (Wildman–Crippen LogP) is 3.73. The Bertz CT molecular complexity index is 908. The molecule has 0 N–H and O–H groups in total. The lowest BCUT2D eigenvalue weighted by Gasteiger charge is -2.23. The normalized spacial score (nSPS) is 17.0. The standard InChI is InChI=1S/C19H18N4O2/c1-2-7-15(8-3-1)24-12-6-9-16-18-19(21-13-20-16)23(14-22-18)17-10-4-5-11-25-17/h1-3,7-9,12-14,17H,4-5,10-11H2. The molecule has 1 aromatic carbocycles. The molecule has 1 saturated heterocycles. The van der Waals surface area contributed by atoms with E-state index in [0.29, 0.717) is 5.69 Å². The van der Waals surface area contributed by atoms with Gasteiger partial charge in [-0.1, -0.05) is 23.9 Å². The summed E-state index contributed by atoms with van der Waals surface area (Å²) in [6.07, 6.45) is 9.80. The van der Waals surface area contributed by atoms with Crippen LogP contribution in [0.3, 0.4) is 0 Å². The molecule has 4 rings (SSSR count). The van der Waals surface area contributed by atoms with E-state index in [4.69, 9.17) is 9.47 Å². The quantitative estimate of drug-likeness (QED) is 0.537. The summed E-state index contributed by atoms with van der Waals surface area (Å²) in [6, 6.07) is 9.54. The van der Waals surface area contributed by atoms with Crippen LogP contribution < -0.4 is 4.74 Å². The van der Waals surface area contributed by atoms with E-state index in [1.54, 1.807) is 12.4 Å². The number of ether oxygens (including phenoxy) is 2. The topological polar surface area (TPSA) is 62.1 Å². The smallest absolute Gasteiger partial charge is 0.165 e. The highest BCUT2D eigenvalue weighted by atomic mass is 16.5.